The molecule has 116 valence electrons. The Bertz CT molecular complexity index is 553. The van der Waals surface area contributed by atoms with Crippen molar-refractivity contribution in [1.29, 1.82) is 0 Å². The topological polar surface area (TPSA) is 0 Å². The van der Waals surface area contributed by atoms with Crippen molar-refractivity contribution in [2.24, 2.45) is 0 Å². The molecule has 0 atom stereocenters. The van der Waals surface area contributed by atoms with Gasteiger partial charge in [0.15, 0.2) is 6.71 Å². The summed E-state index contributed by atoms with van der Waals surface area (Å²) in [6, 6.07) is 12.9. The summed E-state index contributed by atoms with van der Waals surface area (Å²) in [5, 5.41) is 1.86. The zero-order chi connectivity index (χ0) is 15.2. The first-order valence-corrected chi connectivity index (χ1v) is 12.7. The third kappa shape index (κ3) is 2.44. The molecular weight excluding hydrogens is 279 g/mol. The molecule has 0 aliphatic carbocycles. The van der Waals surface area contributed by atoms with Crippen LogP contribution in [0, 0.1) is 0 Å². The van der Waals surface area contributed by atoms with Gasteiger partial charge in [0, 0.05) is 0 Å². The molecule has 0 unspecified atom stereocenters. The van der Waals surface area contributed by atoms with E-state index in [1.807, 2.05) is 10.7 Å². The average molecular weight is 308 g/mol. The standard InChI is InChI=1S/C20H29BSi/c1-22(2)15-14-19(20(22)16-8-4-3-5-9-16)21-17-10-6-11-18(21)13-7-12-17/h3-5,8-9,17-18H,6-7,10-15H2,1-2H3. The average Bonchev–Trinajstić information content (AvgIpc) is 2.82. The van der Waals surface area contributed by atoms with E-state index in [1.165, 1.54) is 51.0 Å². The fourth-order valence-corrected chi connectivity index (χ4v) is 9.14. The fourth-order valence-electron chi connectivity index (χ4n) is 5.89. The van der Waals surface area contributed by atoms with Crippen molar-refractivity contribution in [2.45, 2.75) is 75.7 Å². The van der Waals surface area contributed by atoms with Crippen LogP contribution in [0.15, 0.2) is 35.8 Å². The summed E-state index contributed by atoms with van der Waals surface area (Å²) in [4.78, 5) is 0. The van der Waals surface area contributed by atoms with Crippen LogP contribution in [0.5, 0.6) is 0 Å². The molecule has 0 saturated carbocycles. The van der Waals surface area contributed by atoms with Gasteiger partial charge in [-0.1, -0.05) is 105 Å². The minimum atomic E-state index is -1.23. The first-order valence-electron chi connectivity index (χ1n) is 9.46. The first-order chi connectivity index (χ1) is 10.7. The van der Waals surface area contributed by atoms with Crippen molar-refractivity contribution in [3.63, 3.8) is 0 Å². The molecule has 2 heteroatoms. The van der Waals surface area contributed by atoms with Crippen LogP contribution in [0.3, 0.4) is 0 Å². The molecule has 0 aromatic heterocycles. The van der Waals surface area contributed by atoms with E-state index in [-0.39, 0.29) is 0 Å². The Morgan fingerprint density at radius 3 is 2.09 bits per heavy atom. The Hall–Kier alpha value is -0.758. The SMILES string of the molecule is C[Si]1(C)CCC(B2C3CCCC2CCC3)=C1c1ccccc1. The molecule has 0 spiro atoms. The zero-order valence-electron chi connectivity index (χ0n) is 14.3. The molecule has 0 N–H and O–H groups in total. The Morgan fingerprint density at radius 1 is 0.909 bits per heavy atom. The van der Waals surface area contributed by atoms with Crippen molar-refractivity contribution in [2.75, 3.05) is 0 Å². The quantitative estimate of drug-likeness (QED) is 0.568. The van der Waals surface area contributed by atoms with Crippen molar-refractivity contribution >= 4 is 20.0 Å². The highest BCUT2D eigenvalue weighted by Gasteiger charge is 2.46. The molecule has 2 saturated heterocycles. The lowest BCUT2D eigenvalue weighted by Crippen LogP contribution is -2.37. The fraction of sp³-hybridized carbons (Fsp3) is 0.600. The van der Waals surface area contributed by atoms with E-state index in [1.54, 1.807) is 5.56 Å². The van der Waals surface area contributed by atoms with Crippen molar-refractivity contribution in [3.8, 4) is 0 Å². The Kier molecular flexibility index (Phi) is 3.84. The molecule has 2 fully saturated rings. The number of hydrogen-bond acceptors (Lipinski definition) is 0. The molecule has 0 radical (unpaired) electrons. The number of rotatable bonds is 2. The third-order valence-corrected chi connectivity index (χ3v) is 10.3. The van der Waals surface area contributed by atoms with E-state index >= 15 is 0 Å². The van der Waals surface area contributed by atoms with Gasteiger partial charge in [-0.3, -0.25) is 0 Å². The second kappa shape index (κ2) is 5.71. The summed E-state index contributed by atoms with van der Waals surface area (Å²) in [7, 11) is -1.23. The molecule has 1 aromatic carbocycles. The van der Waals surface area contributed by atoms with Crippen molar-refractivity contribution in [3.05, 3.63) is 41.4 Å². The summed E-state index contributed by atoms with van der Waals surface area (Å²) in [6.45, 7) is 6.17. The van der Waals surface area contributed by atoms with Crippen LogP contribution >= 0.6 is 0 Å². The number of hydrogen-bond donors (Lipinski definition) is 0. The number of benzene rings is 1. The molecule has 3 aliphatic rings. The molecular formula is C20H29BSi. The Balaban J connectivity index is 1.80. The molecule has 2 bridgehead atoms. The van der Waals surface area contributed by atoms with Crippen LogP contribution in [-0.2, 0) is 0 Å². The minimum absolute atomic E-state index is 0.951. The summed E-state index contributed by atoms with van der Waals surface area (Å²) in [5.74, 6) is 2.04. The van der Waals surface area contributed by atoms with Gasteiger partial charge >= 0.3 is 0 Å². The molecule has 0 amide bonds. The largest absolute Gasteiger partial charge is 0.176 e. The van der Waals surface area contributed by atoms with E-state index < -0.39 is 8.07 Å². The normalized spacial score (nSPS) is 30.7. The van der Waals surface area contributed by atoms with Gasteiger partial charge in [0.05, 0.1) is 8.07 Å². The molecule has 4 rings (SSSR count). The highest BCUT2D eigenvalue weighted by molar-refractivity contribution is 6.98. The highest BCUT2D eigenvalue weighted by atomic mass is 28.3. The maximum absolute atomic E-state index is 2.61. The van der Waals surface area contributed by atoms with Gasteiger partial charge in [-0.25, -0.2) is 0 Å². The van der Waals surface area contributed by atoms with Crippen LogP contribution in [0.4, 0.5) is 0 Å². The van der Waals surface area contributed by atoms with Crippen LogP contribution in [0.25, 0.3) is 5.20 Å². The van der Waals surface area contributed by atoms with Crippen LogP contribution < -0.4 is 0 Å². The van der Waals surface area contributed by atoms with E-state index in [9.17, 15) is 0 Å². The summed E-state index contributed by atoms with van der Waals surface area (Å²) < 4.78 is 0. The maximum Gasteiger partial charge on any atom is 0.176 e. The Labute approximate surface area is 137 Å². The van der Waals surface area contributed by atoms with Gasteiger partial charge in [-0.2, -0.15) is 0 Å². The van der Waals surface area contributed by atoms with Gasteiger partial charge in [0.1, 0.15) is 0 Å². The van der Waals surface area contributed by atoms with Crippen LogP contribution in [0.1, 0.15) is 50.5 Å². The molecule has 22 heavy (non-hydrogen) atoms. The lowest BCUT2D eigenvalue weighted by molar-refractivity contribution is 0.445. The van der Waals surface area contributed by atoms with Crippen molar-refractivity contribution in [1.82, 2.24) is 0 Å². The lowest BCUT2D eigenvalue weighted by Gasteiger charge is -2.42. The molecule has 3 aliphatic heterocycles. The second-order valence-corrected chi connectivity index (χ2v) is 13.3. The first kappa shape index (κ1) is 14.8. The van der Waals surface area contributed by atoms with Crippen LogP contribution in [0.2, 0.25) is 30.8 Å². The van der Waals surface area contributed by atoms with E-state index in [2.05, 4.69) is 43.4 Å². The molecule has 3 heterocycles. The van der Waals surface area contributed by atoms with E-state index in [0.717, 1.165) is 18.3 Å². The van der Waals surface area contributed by atoms with Gasteiger partial charge in [-0.15, -0.1) is 5.47 Å². The number of fused-ring (bicyclic) bond motifs is 2. The lowest BCUT2D eigenvalue weighted by atomic mass is 9.24. The molecule has 1 aromatic rings. The Morgan fingerprint density at radius 2 is 1.50 bits per heavy atom. The summed E-state index contributed by atoms with van der Waals surface area (Å²) in [6.07, 6.45) is 10.5. The minimum Gasteiger partial charge on any atom is -0.101 e. The predicted octanol–water partition coefficient (Wildman–Crippen LogP) is 6.23. The van der Waals surface area contributed by atoms with Gasteiger partial charge < -0.3 is 0 Å². The van der Waals surface area contributed by atoms with Crippen molar-refractivity contribution < 1.29 is 0 Å². The smallest absolute Gasteiger partial charge is 0.101 e. The molecule has 0 nitrogen and oxygen atoms in total. The van der Waals surface area contributed by atoms with Crippen LogP contribution in [-0.4, -0.2) is 14.8 Å². The van der Waals surface area contributed by atoms with Gasteiger partial charge in [0.2, 0.25) is 0 Å². The highest BCUT2D eigenvalue weighted by Crippen LogP contribution is 2.54. The van der Waals surface area contributed by atoms with Gasteiger partial charge in [-0.05, 0) is 12.0 Å². The van der Waals surface area contributed by atoms with E-state index in [0.29, 0.717) is 0 Å². The monoisotopic (exact) mass is 308 g/mol. The zero-order valence-corrected chi connectivity index (χ0v) is 15.3. The third-order valence-electron chi connectivity index (χ3n) is 6.80. The number of allylic oxidation sites excluding steroid dienone is 1. The summed E-state index contributed by atoms with van der Waals surface area (Å²) >= 11 is 0. The predicted molar refractivity (Wildman–Crippen MR) is 101 cm³/mol. The van der Waals surface area contributed by atoms with E-state index in [4.69, 9.17) is 0 Å². The second-order valence-electron chi connectivity index (χ2n) is 8.56. The van der Waals surface area contributed by atoms with Gasteiger partial charge in [0.25, 0.3) is 0 Å². The maximum atomic E-state index is 2.61. The summed E-state index contributed by atoms with van der Waals surface area (Å²) in [5.41, 5.74) is 3.49.